The van der Waals surface area contributed by atoms with Crippen LogP contribution in [-0.2, 0) is 31.1 Å². The van der Waals surface area contributed by atoms with Crippen molar-refractivity contribution in [1.29, 1.82) is 0 Å². The minimum atomic E-state index is -4.35. The second-order valence-corrected chi connectivity index (χ2v) is 15.3. The summed E-state index contributed by atoms with van der Waals surface area (Å²) in [4.78, 5) is 2.02. The van der Waals surface area contributed by atoms with Gasteiger partial charge in [-0.2, -0.15) is 4.58 Å². The number of rotatable bonds is 10. The van der Waals surface area contributed by atoms with Crippen molar-refractivity contribution in [3.8, 4) is 0 Å². The van der Waals surface area contributed by atoms with Crippen molar-refractivity contribution in [3.05, 3.63) is 81.5 Å². The fraction of sp³-hybridized carbons (Fsp3) is 0.414. The number of nitrogens with zero attached hydrogens (tertiary/aromatic N) is 2. The fourth-order valence-electron chi connectivity index (χ4n) is 5.81. The normalized spacial score (nSPS) is 18.9. The second-order valence-electron chi connectivity index (χ2n) is 11.4. The zero-order chi connectivity index (χ0) is 30.4. The Hall–Kier alpha value is -2.21. The van der Waals surface area contributed by atoms with Gasteiger partial charge in [-0.05, 0) is 62.2 Å². The molecule has 0 aliphatic carbocycles. The highest BCUT2D eigenvalue weighted by molar-refractivity contribution is 7.85. The third-order valence-corrected chi connectivity index (χ3v) is 9.82. The molecule has 0 aromatic heterocycles. The van der Waals surface area contributed by atoms with Crippen LogP contribution in [0.2, 0.25) is 10.0 Å². The van der Waals surface area contributed by atoms with E-state index >= 15 is 0 Å². The summed E-state index contributed by atoms with van der Waals surface area (Å²) in [6.45, 7) is 8.92. The lowest BCUT2D eigenvalue weighted by molar-refractivity contribution is -0.437. The zero-order valence-corrected chi connectivity index (χ0v) is 26.5. The van der Waals surface area contributed by atoms with E-state index in [0.29, 0.717) is 23.1 Å². The van der Waals surface area contributed by atoms with Crippen molar-refractivity contribution in [1.82, 2.24) is 0 Å². The van der Waals surface area contributed by atoms with Gasteiger partial charge < -0.3 is 14.0 Å². The van der Waals surface area contributed by atoms with E-state index in [0.717, 1.165) is 33.9 Å². The molecular weight excluding hydrogens is 607 g/mol. The summed E-state index contributed by atoms with van der Waals surface area (Å²) in [5.41, 5.74) is 4.69. The Kier molecular flexibility index (Phi) is 8.87. The highest BCUT2D eigenvalue weighted by Crippen LogP contribution is 2.49. The number of allylic oxidation sites excluding steroid dienone is 4. The molecule has 0 bridgehead atoms. The molecular formula is C29H33Cl2N2O6S2-. The molecule has 0 fully saturated rings. The van der Waals surface area contributed by atoms with Gasteiger partial charge in [0.25, 0.3) is 0 Å². The van der Waals surface area contributed by atoms with E-state index in [1.165, 1.54) is 0 Å². The zero-order valence-electron chi connectivity index (χ0n) is 23.4. The minimum absolute atomic E-state index is 0.169. The van der Waals surface area contributed by atoms with Gasteiger partial charge in [0.15, 0.2) is 5.71 Å². The number of benzene rings is 2. The monoisotopic (exact) mass is 639 g/mol. The molecule has 222 valence electrons. The van der Waals surface area contributed by atoms with Crippen LogP contribution in [0, 0.1) is 0 Å². The molecule has 0 amide bonds. The maximum absolute atomic E-state index is 11.3. The largest absolute Gasteiger partial charge is 0.748 e. The van der Waals surface area contributed by atoms with Crippen LogP contribution in [0.15, 0.2) is 60.3 Å². The Morgan fingerprint density at radius 1 is 0.854 bits per heavy atom. The Morgan fingerprint density at radius 3 is 2.07 bits per heavy atom. The van der Waals surface area contributed by atoms with Crippen molar-refractivity contribution >= 4 is 60.5 Å². The maximum atomic E-state index is 11.3. The van der Waals surface area contributed by atoms with Gasteiger partial charge in [-0.15, -0.1) is 0 Å². The van der Waals surface area contributed by atoms with Gasteiger partial charge in [0.05, 0.1) is 25.7 Å². The van der Waals surface area contributed by atoms with Gasteiger partial charge in [0.2, 0.25) is 5.69 Å². The summed E-state index contributed by atoms with van der Waals surface area (Å²) in [5.74, 6) is -0.923. The van der Waals surface area contributed by atoms with E-state index in [4.69, 9.17) is 23.2 Å². The molecule has 0 saturated carbocycles. The van der Waals surface area contributed by atoms with Gasteiger partial charge in [0.1, 0.15) is 6.54 Å². The predicted molar refractivity (Wildman–Crippen MR) is 162 cm³/mol. The van der Waals surface area contributed by atoms with Crippen LogP contribution in [0.5, 0.6) is 0 Å². The van der Waals surface area contributed by atoms with Gasteiger partial charge in [-0.1, -0.05) is 43.1 Å². The maximum Gasteiger partial charge on any atom is 0.209 e. The number of hydrogen-bond acceptors (Lipinski definition) is 7. The van der Waals surface area contributed by atoms with Crippen molar-refractivity contribution < 1.29 is 30.5 Å². The Labute approximate surface area is 252 Å². The van der Waals surface area contributed by atoms with E-state index in [1.54, 1.807) is 12.1 Å². The molecule has 41 heavy (non-hydrogen) atoms. The van der Waals surface area contributed by atoms with Crippen LogP contribution >= 0.6 is 23.2 Å². The summed E-state index contributed by atoms with van der Waals surface area (Å²) in [6, 6.07) is 11.2. The first-order valence-electron chi connectivity index (χ1n) is 13.2. The van der Waals surface area contributed by atoms with E-state index < -0.39 is 42.6 Å². The molecule has 0 N–H and O–H groups in total. The number of fused-ring (bicyclic) bond motifs is 2. The average Bonchev–Trinajstić information content (AvgIpc) is 3.16. The van der Waals surface area contributed by atoms with Crippen molar-refractivity contribution in [2.45, 2.75) is 51.4 Å². The molecule has 2 aromatic rings. The Morgan fingerprint density at radius 2 is 1.44 bits per heavy atom. The first kappa shape index (κ1) is 31.7. The molecule has 2 heterocycles. The van der Waals surface area contributed by atoms with Gasteiger partial charge in [0, 0.05) is 69.0 Å². The lowest BCUT2D eigenvalue weighted by Gasteiger charge is -2.27. The van der Waals surface area contributed by atoms with Crippen molar-refractivity contribution in [2.24, 2.45) is 0 Å². The van der Waals surface area contributed by atoms with Crippen LogP contribution in [0.4, 0.5) is 11.4 Å². The molecule has 2 aliphatic heterocycles. The highest BCUT2D eigenvalue weighted by Gasteiger charge is 2.44. The van der Waals surface area contributed by atoms with Gasteiger partial charge in [-0.3, -0.25) is 0 Å². The fourth-order valence-corrected chi connectivity index (χ4v) is 7.12. The Bertz CT molecular complexity index is 1680. The molecule has 0 atom stereocenters. The summed E-state index contributed by atoms with van der Waals surface area (Å²) in [7, 11) is -8.69. The lowest BCUT2D eigenvalue weighted by Crippen LogP contribution is -2.29. The van der Waals surface area contributed by atoms with Crippen LogP contribution in [0.25, 0.3) is 0 Å². The van der Waals surface area contributed by atoms with E-state index in [-0.39, 0.29) is 12.8 Å². The summed E-state index contributed by atoms with van der Waals surface area (Å²) in [5, 5.41) is 1.18. The van der Waals surface area contributed by atoms with E-state index in [9.17, 15) is 25.9 Å². The molecule has 0 radical (unpaired) electrons. The molecule has 12 heteroatoms. The molecule has 8 nitrogen and oxygen atoms in total. The molecule has 0 spiro atoms. The average molecular weight is 641 g/mol. The van der Waals surface area contributed by atoms with E-state index in [1.807, 2.05) is 52.0 Å². The third kappa shape index (κ3) is 6.89. The third-order valence-electron chi connectivity index (χ3n) is 7.77. The van der Waals surface area contributed by atoms with Crippen LogP contribution in [0.3, 0.4) is 0 Å². The molecule has 0 unspecified atom stereocenters. The van der Waals surface area contributed by atoms with E-state index in [2.05, 4.69) is 27.7 Å². The summed E-state index contributed by atoms with van der Waals surface area (Å²) in [6.07, 6.45) is 6.20. The number of halogens is 2. The quantitative estimate of drug-likeness (QED) is 0.249. The number of hydrogen-bond donors (Lipinski definition) is 0. The molecule has 2 aromatic carbocycles. The Balaban J connectivity index is 1.74. The summed E-state index contributed by atoms with van der Waals surface area (Å²) >= 11 is 12.7. The highest BCUT2D eigenvalue weighted by atomic mass is 35.5. The second kappa shape index (κ2) is 11.5. The molecule has 0 saturated heterocycles. The molecule has 2 aliphatic rings. The summed E-state index contributed by atoms with van der Waals surface area (Å²) < 4.78 is 69.7. The van der Waals surface area contributed by atoms with Crippen LogP contribution < -0.4 is 4.90 Å². The molecule has 4 rings (SSSR count). The van der Waals surface area contributed by atoms with Crippen molar-refractivity contribution in [3.63, 3.8) is 0 Å². The number of anilines is 1. The first-order valence-corrected chi connectivity index (χ1v) is 17.1. The van der Waals surface area contributed by atoms with Gasteiger partial charge >= 0.3 is 0 Å². The smallest absolute Gasteiger partial charge is 0.209 e. The standard InChI is InChI=1S/C29H34Cl2N2O6S2/c1-28(2)22-18-20(30)10-12-24(22)32(14-6-16-40(34,35)36)26(28)8-5-9-27-29(3,4)23-19-21(31)11-13-25(23)33(27)15-7-17-41(37,38)39/h5,8-13,18-19H,6-7,14-17H2,1-4H3,(H-,34,35,36,37,38,39)/p-1. The predicted octanol–water partition coefficient (Wildman–Crippen LogP) is 5.48. The lowest BCUT2D eigenvalue weighted by atomic mass is 9.81. The topological polar surface area (TPSA) is 121 Å². The SMILES string of the molecule is CC1(C)C(=CC=CC2=[N+](CCCS(=O)(=O)[O-])c3ccc(Cl)cc3C2(C)C)N(CCCS(=O)(=O)[O-])c2ccc(Cl)cc21. The minimum Gasteiger partial charge on any atom is -0.748 e. The van der Waals surface area contributed by atoms with Crippen LogP contribution in [-0.4, -0.2) is 60.8 Å². The van der Waals surface area contributed by atoms with Crippen molar-refractivity contribution in [2.75, 3.05) is 29.5 Å². The first-order chi connectivity index (χ1) is 18.9. The van der Waals surface area contributed by atoms with Gasteiger partial charge in [-0.25, -0.2) is 16.8 Å². The van der Waals surface area contributed by atoms with Crippen LogP contribution in [0.1, 0.15) is 51.7 Å².